The molecular weight excluding hydrogens is 390 g/mol. The number of amidine groups is 1. The van der Waals surface area contributed by atoms with E-state index in [9.17, 15) is 4.79 Å². The van der Waals surface area contributed by atoms with Crippen molar-refractivity contribution < 1.29 is 4.79 Å². The van der Waals surface area contributed by atoms with Crippen LogP contribution in [0.2, 0.25) is 0 Å². The van der Waals surface area contributed by atoms with E-state index in [1.165, 1.54) is 23.0 Å². The Morgan fingerprint density at radius 1 is 1.27 bits per heavy atom. The standard InChI is InChI=1S/C25H29N3OS/c1-6-28-21-12-11-18(13-19(21)17(3)15-25(28,4)5)14-22-23(29)27-24(30-22)26-20-10-8-7-9-16(20)2/h7-14,17H,6,15H2,1-5H3,(H,26,27,29)/b22-14-/t17-/m0/s1. The van der Waals surface area contributed by atoms with Gasteiger partial charge in [-0.2, -0.15) is 0 Å². The van der Waals surface area contributed by atoms with E-state index in [0.29, 0.717) is 16.0 Å². The van der Waals surface area contributed by atoms with Crippen molar-refractivity contribution in [3.8, 4) is 0 Å². The minimum Gasteiger partial charge on any atom is -0.366 e. The maximum Gasteiger partial charge on any atom is 0.264 e. The number of hydrogen-bond acceptors (Lipinski definition) is 4. The Hall–Kier alpha value is -2.53. The second kappa shape index (κ2) is 7.95. The third-order valence-corrected chi connectivity index (χ3v) is 6.92. The monoisotopic (exact) mass is 419 g/mol. The lowest BCUT2D eigenvalue weighted by Crippen LogP contribution is -2.48. The van der Waals surface area contributed by atoms with Crippen LogP contribution in [0.15, 0.2) is 52.4 Å². The lowest BCUT2D eigenvalue weighted by atomic mass is 9.79. The molecule has 1 N–H and O–H groups in total. The molecule has 1 atom stereocenters. The third-order valence-electron chi connectivity index (χ3n) is 6.01. The molecule has 4 rings (SSSR count). The number of nitrogens with one attached hydrogen (secondary N) is 1. The Balaban J connectivity index is 1.62. The molecular formula is C25H29N3OS. The maximum atomic E-state index is 12.5. The zero-order valence-electron chi connectivity index (χ0n) is 18.3. The van der Waals surface area contributed by atoms with Crippen LogP contribution in [0, 0.1) is 6.92 Å². The zero-order valence-corrected chi connectivity index (χ0v) is 19.1. The number of rotatable bonds is 3. The molecule has 4 nitrogen and oxygen atoms in total. The summed E-state index contributed by atoms with van der Waals surface area (Å²) in [5, 5.41) is 3.53. The van der Waals surface area contributed by atoms with Crippen LogP contribution in [-0.2, 0) is 4.79 Å². The largest absolute Gasteiger partial charge is 0.366 e. The van der Waals surface area contributed by atoms with E-state index in [2.05, 4.69) is 61.1 Å². The molecule has 1 saturated heterocycles. The van der Waals surface area contributed by atoms with Gasteiger partial charge >= 0.3 is 0 Å². The number of anilines is 1. The average molecular weight is 420 g/mol. The van der Waals surface area contributed by atoms with E-state index in [-0.39, 0.29) is 11.4 Å². The summed E-state index contributed by atoms with van der Waals surface area (Å²) in [7, 11) is 0. The number of carbonyl (C=O) groups is 1. The van der Waals surface area contributed by atoms with E-state index in [4.69, 9.17) is 0 Å². The van der Waals surface area contributed by atoms with Crippen molar-refractivity contribution >= 4 is 40.3 Å². The van der Waals surface area contributed by atoms with Crippen LogP contribution in [0.4, 0.5) is 11.4 Å². The van der Waals surface area contributed by atoms with Crippen LogP contribution in [0.25, 0.3) is 6.08 Å². The van der Waals surface area contributed by atoms with Crippen molar-refractivity contribution in [3.63, 3.8) is 0 Å². The topological polar surface area (TPSA) is 44.7 Å². The molecule has 2 heterocycles. The highest BCUT2D eigenvalue weighted by Crippen LogP contribution is 2.43. The molecule has 5 heteroatoms. The number of benzene rings is 2. The van der Waals surface area contributed by atoms with Gasteiger partial charge in [0.2, 0.25) is 0 Å². The summed E-state index contributed by atoms with van der Waals surface area (Å²) in [4.78, 5) is 20.3. The summed E-state index contributed by atoms with van der Waals surface area (Å²) in [5.74, 6) is 0.397. The van der Waals surface area contributed by atoms with Crippen molar-refractivity contribution in [1.82, 2.24) is 5.32 Å². The first-order chi connectivity index (χ1) is 14.3. The van der Waals surface area contributed by atoms with Gasteiger partial charge in [-0.3, -0.25) is 4.79 Å². The van der Waals surface area contributed by atoms with Crippen LogP contribution in [0.1, 0.15) is 56.7 Å². The second-order valence-electron chi connectivity index (χ2n) is 8.75. The van der Waals surface area contributed by atoms with Crippen molar-refractivity contribution in [2.45, 2.75) is 52.5 Å². The van der Waals surface area contributed by atoms with Crippen LogP contribution in [0.3, 0.4) is 0 Å². The lowest BCUT2D eigenvalue weighted by Gasteiger charge is -2.47. The fraction of sp³-hybridized carbons (Fsp3) is 0.360. The van der Waals surface area contributed by atoms with Gasteiger partial charge in [-0.25, -0.2) is 4.99 Å². The highest BCUT2D eigenvalue weighted by atomic mass is 32.2. The molecule has 0 bridgehead atoms. The van der Waals surface area contributed by atoms with Crippen LogP contribution in [0.5, 0.6) is 0 Å². The van der Waals surface area contributed by atoms with Crippen LogP contribution >= 0.6 is 11.8 Å². The van der Waals surface area contributed by atoms with Crippen molar-refractivity contribution in [2.75, 3.05) is 11.4 Å². The number of fused-ring (bicyclic) bond motifs is 1. The summed E-state index contributed by atoms with van der Waals surface area (Å²) >= 11 is 1.40. The van der Waals surface area contributed by atoms with Crippen molar-refractivity contribution in [1.29, 1.82) is 0 Å². The minimum atomic E-state index is -0.0885. The predicted octanol–water partition coefficient (Wildman–Crippen LogP) is 6.00. The molecule has 1 fully saturated rings. The first-order valence-electron chi connectivity index (χ1n) is 10.6. The Morgan fingerprint density at radius 3 is 2.77 bits per heavy atom. The van der Waals surface area contributed by atoms with Crippen molar-refractivity contribution in [2.24, 2.45) is 4.99 Å². The molecule has 30 heavy (non-hydrogen) atoms. The average Bonchev–Trinajstić information content (AvgIpc) is 3.02. The number of aliphatic imine (C=N–C) groups is 1. The number of nitrogens with zero attached hydrogens (tertiary/aromatic N) is 2. The summed E-state index contributed by atoms with van der Waals surface area (Å²) in [5.41, 5.74) is 5.86. The van der Waals surface area contributed by atoms with Gasteiger partial charge in [-0.1, -0.05) is 31.2 Å². The summed E-state index contributed by atoms with van der Waals surface area (Å²) in [6, 6.07) is 14.5. The molecule has 0 aromatic heterocycles. The smallest absolute Gasteiger partial charge is 0.264 e. The van der Waals surface area contributed by atoms with Gasteiger partial charge in [-0.15, -0.1) is 0 Å². The molecule has 2 aromatic carbocycles. The molecule has 0 saturated carbocycles. The van der Waals surface area contributed by atoms with E-state index < -0.39 is 0 Å². The first kappa shape index (κ1) is 20.7. The highest BCUT2D eigenvalue weighted by molar-refractivity contribution is 8.18. The number of thioether (sulfide) groups is 1. The molecule has 2 aliphatic rings. The van der Waals surface area contributed by atoms with Crippen LogP contribution in [-0.4, -0.2) is 23.2 Å². The summed E-state index contributed by atoms with van der Waals surface area (Å²) in [6.07, 6.45) is 3.10. The molecule has 0 radical (unpaired) electrons. The minimum absolute atomic E-state index is 0.0885. The van der Waals surface area contributed by atoms with E-state index in [1.807, 2.05) is 37.3 Å². The first-order valence-corrected chi connectivity index (χ1v) is 11.4. The molecule has 0 unspecified atom stereocenters. The van der Waals surface area contributed by atoms with Crippen molar-refractivity contribution in [3.05, 3.63) is 64.1 Å². The SMILES string of the molecule is CCN1c2ccc(/C=C3\SC(=Nc4ccccc4C)NC3=O)cc2[C@@H](C)CC1(C)C. The number of hydrogen-bond donors (Lipinski definition) is 1. The highest BCUT2D eigenvalue weighted by Gasteiger charge is 2.35. The number of carbonyl (C=O) groups excluding carboxylic acids is 1. The van der Waals surface area contributed by atoms with Gasteiger partial charge in [0.1, 0.15) is 0 Å². The molecule has 2 aliphatic heterocycles. The second-order valence-corrected chi connectivity index (χ2v) is 9.78. The quantitative estimate of drug-likeness (QED) is 0.621. The molecule has 0 aliphatic carbocycles. The Bertz CT molecular complexity index is 1050. The van der Waals surface area contributed by atoms with E-state index in [1.54, 1.807) is 0 Å². The Kier molecular flexibility index (Phi) is 5.49. The van der Waals surface area contributed by atoms with Crippen LogP contribution < -0.4 is 10.2 Å². The van der Waals surface area contributed by atoms with Gasteiger partial charge < -0.3 is 10.2 Å². The fourth-order valence-corrected chi connectivity index (χ4v) is 5.46. The Labute approximate surface area is 183 Å². The fourth-order valence-electron chi connectivity index (χ4n) is 4.63. The van der Waals surface area contributed by atoms with Gasteiger partial charge in [-0.05, 0) is 92.8 Å². The number of para-hydroxylation sites is 1. The maximum absolute atomic E-state index is 12.5. The van der Waals surface area contributed by atoms with Gasteiger partial charge in [0, 0.05) is 17.8 Å². The summed E-state index contributed by atoms with van der Waals surface area (Å²) in [6.45, 7) is 12.2. The Morgan fingerprint density at radius 2 is 2.03 bits per heavy atom. The van der Waals surface area contributed by atoms with Gasteiger partial charge in [0.05, 0.1) is 10.6 Å². The molecule has 0 spiro atoms. The number of amides is 1. The van der Waals surface area contributed by atoms with Gasteiger partial charge in [0.25, 0.3) is 5.91 Å². The lowest BCUT2D eigenvalue weighted by molar-refractivity contribution is -0.115. The molecule has 1 amide bonds. The molecule has 2 aromatic rings. The third kappa shape index (κ3) is 3.91. The van der Waals surface area contributed by atoms with E-state index in [0.717, 1.165) is 29.8 Å². The summed E-state index contributed by atoms with van der Waals surface area (Å²) < 4.78 is 0. The zero-order chi connectivity index (χ0) is 21.5. The van der Waals surface area contributed by atoms with E-state index >= 15 is 0 Å². The molecule has 156 valence electrons. The van der Waals surface area contributed by atoms with Gasteiger partial charge in [0.15, 0.2) is 5.17 Å². The number of aryl methyl sites for hydroxylation is 1. The normalized spacial score (nSPS) is 23.0. The predicted molar refractivity (Wildman–Crippen MR) is 129 cm³/mol.